The Balaban J connectivity index is 1.42. The van der Waals surface area contributed by atoms with Gasteiger partial charge in [0.2, 0.25) is 17.7 Å². The molecule has 9 nitrogen and oxygen atoms in total. The van der Waals surface area contributed by atoms with Crippen molar-refractivity contribution in [1.29, 1.82) is 0 Å². The number of aromatic nitrogens is 3. The molecular formula is C31H34N6O3. The quantitative estimate of drug-likeness (QED) is 0.319. The first kappa shape index (κ1) is 27.1. The first-order valence-electron chi connectivity index (χ1n) is 13.8. The lowest BCUT2D eigenvalue weighted by Crippen LogP contribution is -2.34. The lowest BCUT2D eigenvalue weighted by atomic mass is 9.99. The van der Waals surface area contributed by atoms with Gasteiger partial charge in [0.05, 0.1) is 5.69 Å². The number of carbonyl (C=O) groups is 1. The van der Waals surface area contributed by atoms with Crippen molar-refractivity contribution in [3.05, 3.63) is 81.9 Å². The van der Waals surface area contributed by atoms with Gasteiger partial charge in [-0.3, -0.25) is 9.59 Å². The second-order valence-corrected chi connectivity index (χ2v) is 10.1. The third kappa shape index (κ3) is 5.73. The van der Waals surface area contributed by atoms with Gasteiger partial charge in [0.25, 0.3) is 5.56 Å². The molecule has 2 aromatic heterocycles. The Kier molecular flexibility index (Phi) is 7.91. The Hall–Kier alpha value is -4.53. The molecule has 0 saturated heterocycles. The van der Waals surface area contributed by atoms with Crippen molar-refractivity contribution < 1.29 is 9.21 Å². The van der Waals surface area contributed by atoms with Gasteiger partial charge in [0, 0.05) is 62.1 Å². The molecule has 0 aliphatic carbocycles. The molecule has 0 atom stereocenters. The third-order valence-electron chi connectivity index (χ3n) is 6.99. The number of benzene rings is 2. The summed E-state index contributed by atoms with van der Waals surface area (Å²) in [6.07, 6.45) is 6.33. The van der Waals surface area contributed by atoms with Crippen LogP contribution < -0.4 is 11.3 Å². The molecule has 0 saturated carbocycles. The van der Waals surface area contributed by atoms with E-state index in [1.54, 1.807) is 17.7 Å². The number of pyridine rings is 1. The van der Waals surface area contributed by atoms with Crippen molar-refractivity contribution in [3.8, 4) is 11.1 Å². The second-order valence-electron chi connectivity index (χ2n) is 10.1. The van der Waals surface area contributed by atoms with Crippen LogP contribution in [0.3, 0.4) is 0 Å². The van der Waals surface area contributed by atoms with Crippen LogP contribution in [0, 0.1) is 6.92 Å². The van der Waals surface area contributed by atoms with E-state index in [0.29, 0.717) is 48.0 Å². The van der Waals surface area contributed by atoms with Gasteiger partial charge in [-0.2, -0.15) is 0 Å². The molecule has 1 amide bonds. The molecule has 40 heavy (non-hydrogen) atoms. The molecular weight excluding hydrogens is 504 g/mol. The molecule has 0 unspecified atom stereocenters. The molecule has 4 aromatic rings. The predicted molar refractivity (Wildman–Crippen MR) is 157 cm³/mol. The largest absolute Gasteiger partial charge is 0.426 e. The fraction of sp³-hybridized carbons (Fsp3) is 0.323. The average molecular weight is 539 g/mol. The summed E-state index contributed by atoms with van der Waals surface area (Å²) in [6.45, 7) is 7.79. The third-order valence-corrected chi connectivity index (χ3v) is 6.99. The van der Waals surface area contributed by atoms with Crippen LogP contribution in [0.15, 0.2) is 68.4 Å². The highest BCUT2D eigenvalue weighted by Crippen LogP contribution is 2.33. The highest BCUT2D eigenvalue weighted by atomic mass is 16.4. The van der Waals surface area contributed by atoms with E-state index < -0.39 is 0 Å². The van der Waals surface area contributed by atoms with Gasteiger partial charge in [0.15, 0.2) is 0 Å². The molecule has 1 aliphatic rings. The summed E-state index contributed by atoms with van der Waals surface area (Å²) >= 11 is 0. The molecule has 5 rings (SSSR count). The van der Waals surface area contributed by atoms with Gasteiger partial charge in [-0.1, -0.05) is 32.0 Å². The Morgan fingerprint density at radius 2 is 1.80 bits per heavy atom. The summed E-state index contributed by atoms with van der Waals surface area (Å²) in [5.74, 6) is 1.46. The molecule has 0 spiro atoms. The van der Waals surface area contributed by atoms with Crippen LogP contribution in [0.4, 0.5) is 5.69 Å². The number of nitrogens with two attached hydrogens (primary N) is 1. The van der Waals surface area contributed by atoms with Crippen LogP contribution in [-0.4, -0.2) is 44.5 Å². The number of rotatable bonds is 9. The Labute approximate surface area is 233 Å². The molecule has 1 aliphatic heterocycles. The second kappa shape index (κ2) is 11.7. The average Bonchev–Trinajstić information content (AvgIpc) is 3.28. The Bertz CT molecular complexity index is 1670. The van der Waals surface area contributed by atoms with Gasteiger partial charge >= 0.3 is 0 Å². The van der Waals surface area contributed by atoms with Crippen molar-refractivity contribution >= 4 is 34.3 Å². The minimum Gasteiger partial charge on any atom is -0.426 e. The summed E-state index contributed by atoms with van der Waals surface area (Å²) in [5.41, 5.74) is 10.4. The van der Waals surface area contributed by atoms with Crippen LogP contribution >= 0.6 is 0 Å². The number of aliphatic imine (C=N–C) groups is 1. The number of fused-ring (bicyclic) bond motifs is 2. The molecule has 0 bridgehead atoms. The van der Waals surface area contributed by atoms with Gasteiger partial charge in [-0.05, 0) is 59.7 Å². The first-order chi connectivity index (χ1) is 19.4. The highest BCUT2D eigenvalue weighted by molar-refractivity contribution is 6.05. The van der Waals surface area contributed by atoms with E-state index >= 15 is 0 Å². The van der Waals surface area contributed by atoms with E-state index in [0.717, 1.165) is 53.7 Å². The van der Waals surface area contributed by atoms with Crippen molar-refractivity contribution in [3.63, 3.8) is 0 Å². The summed E-state index contributed by atoms with van der Waals surface area (Å²) in [6, 6.07) is 13.7. The van der Waals surface area contributed by atoms with Crippen LogP contribution in [-0.2, 0) is 17.8 Å². The molecule has 2 N–H and O–H groups in total. The molecule has 206 valence electrons. The van der Waals surface area contributed by atoms with Crippen molar-refractivity contribution in [1.82, 2.24) is 19.7 Å². The zero-order chi connectivity index (χ0) is 28.2. The molecule has 0 radical (unpaired) electrons. The first-order valence-corrected chi connectivity index (χ1v) is 13.8. The van der Waals surface area contributed by atoms with E-state index in [1.165, 1.54) is 0 Å². The number of amidine groups is 1. The summed E-state index contributed by atoms with van der Waals surface area (Å²) in [7, 11) is 0. The molecule has 2 aromatic carbocycles. The van der Waals surface area contributed by atoms with Crippen LogP contribution in [0.5, 0.6) is 0 Å². The van der Waals surface area contributed by atoms with Crippen molar-refractivity contribution in [2.24, 2.45) is 10.7 Å². The van der Waals surface area contributed by atoms with Crippen molar-refractivity contribution in [2.45, 2.75) is 53.0 Å². The van der Waals surface area contributed by atoms with Gasteiger partial charge in [-0.25, -0.2) is 4.99 Å². The number of amides is 1. The maximum absolute atomic E-state index is 13.3. The topological polar surface area (TPSA) is 120 Å². The summed E-state index contributed by atoms with van der Waals surface area (Å²) < 4.78 is 7.08. The van der Waals surface area contributed by atoms with Crippen molar-refractivity contribution in [2.75, 3.05) is 13.1 Å². The predicted octanol–water partition coefficient (Wildman–Crippen LogP) is 5.03. The van der Waals surface area contributed by atoms with Gasteiger partial charge in [0.1, 0.15) is 5.84 Å². The fourth-order valence-electron chi connectivity index (χ4n) is 5.06. The number of hydrogen-bond acceptors (Lipinski definition) is 7. The highest BCUT2D eigenvalue weighted by Gasteiger charge is 2.21. The van der Waals surface area contributed by atoms with Gasteiger partial charge in [-0.15, -0.1) is 10.2 Å². The normalized spacial score (nSPS) is 13.0. The fourth-order valence-corrected chi connectivity index (χ4v) is 5.06. The number of aryl methyl sites for hydroxylation is 3. The zero-order valence-corrected chi connectivity index (χ0v) is 23.2. The zero-order valence-electron chi connectivity index (χ0n) is 23.2. The standard InChI is InChI=1S/C31H34N6O3/c1-4-12-36(13-5-2)30(38)25-17-24-7-6-22(18-27(24)33-28(32)19-25)21-8-9-26-23(16-21)10-14-37(31(26)39)15-11-29-35-34-20(3)40-29/h6-10,14,16-18H,4-5,11-13,15,19H2,1-3H3,(H2,32,33). The molecule has 3 heterocycles. The lowest BCUT2D eigenvalue weighted by Gasteiger charge is -2.22. The van der Waals surface area contributed by atoms with E-state index in [2.05, 4.69) is 29.0 Å². The maximum Gasteiger partial charge on any atom is 0.258 e. The smallest absolute Gasteiger partial charge is 0.258 e. The maximum atomic E-state index is 13.3. The number of nitrogens with zero attached hydrogens (tertiary/aromatic N) is 5. The minimum atomic E-state index is -0.0675. The summed E-state index contributed by atoms with van der Waals surface area (Å²) in [5, 5.41) is 9.33. The van der Waals surface area contributed by atoms with E-state index in [1.807, 2.05) is 53.4 Å². The van der Waals surface area contributed by atoms with Crippen LogP contribution in [0.2, 0.25) is 0 Å². The lowest BCUT2D eigenvalue weighted by molar-refractivity contribution is -0.127. The number of hydrogen-bond donors (Lipinski definition) is 1. The van der Waals surface area contributed by atoms with Crippen LogP contribution in [0.25, 0.3) is 28.0 Å². The molecule has 0 fully saturated rings. The SMILES string of the molecule is CCCN(CCC)C(=O)C1=Cc2ccc(-c3ccc4c(=O)n(CCc5nnc(C)o5)ccc4c3)cc2N=C(N)C1. The van der Waals surface area contributed by atoms with Crippen LogP contribution in [0.1, 0.15) is 50.5 Å². The van der Waals surface area contributed by atoms with E-state index in [-0.39, 0.29) is 11.5 Å². The summed E-state index contributed by atoms with van der Waals surface area (Å²) in [4.78, 5) is 32.9. The Morgan fingerprint density at radius 3 is 2.52 bits per heavy atom. The number of carbonyl (C=O) groups excluding carboxylic acids is 1. The minimum absolute atomic E-state index is 0.0196. The van der Waals surface area contributed by atoms with Gasteiger partial charge < -0.3 is 19.6 Å². The molecule has 9 heteroatoms. The van der Waals surface area contributed by atoms with E-state index in [4.69, 9.17) is 10.2 Å². The monoisotopic (exact) mass is 538 g/mol. The Morgan fingerprint density at radius 1 is 1.05 bits per heavy atom. The van der Waals surface area contributed by atoms with E-state index in [9.17, 15) is 9.59 Å².